The third-order valence-corrected chi connectivity index (χ3v) is 5.25. The molecule has 1 N–H and O–H groups in total. The van der Waals surface area contributed by atoms with Crippen molar-refractivity contribution in [3.05, 3.63) is 82.0 Å². The molecule has 0 spiro atoms. The Morgan fingerprint density at radius 1 is 1.14 bits per heavy atom. The Morgan fingerprint density at radius 2 is 1.90 bits per heavy atom. The molecule has 2 aromatic carbocycles. The summed E-state index contributed by atoms with van der Waals surface area (Å²) in [6.45, 7) is 1.65. The largest absolute Gasteiger partial charge is 0.298 e. The average molecular weight is 431 g/mol. The highest BCUT2D eigenvalue weighted by Gasteiger charge is 2.22. The monoisotopic (exact) mass is 430 g/mol. The lowest BCUT2D eigenvalue weighted by Gasteiger charge is -2.04. The van der Waals surface area contributed by atoms with Gasteiger partial charge in [0.05, 0.1) is 17.1 Å². The van der Waals surface area contributed by atoms with Crippen LogP contribution >= 0.6 is 22.9 Å². The highest BCUT2D eigenvalue weighted by atomic mass is 35.5. The number of hydrogen-bond acceptors (Lipinski definition) is 4. The van der Waals surface area contributed by atoms with Gasteiger partial charge in [0, 0.05) is 10.9 Å². The summed E-state index contributed by atoms with van der Waals surface area (Å²) in [7, 11) is 0. The highest BCUT2D eigenvalue weighted by molar-refractivity contribution is 7.14. The molecule has 0 saturated carbocycles. The predicted octanol–water partition coefficient (Wildman–Crippen LogP) is 5.49. The van der Waals surface area contributed by atoms with Crippen molar-refractivity contribution >= 4 is 34.0 Å². The standard InChI is InChI=1S/C20H13ClF2N4OS/c1-11-17(18(21)27(26-11)15-7-5-13(22)6-8-15)19(28)25-20-24-16(10-29-20)12-3-2-4-14(23)9-12/h2-10H,1H3,(H,24,25,28). The van der Waals surface area contributed by atoms with E-state index < -0.39 is 5.91 Å². The molecule has 146 valence electrons. The summed E-state index contributed by atoms with van der Waals surface area (Å²) in [4.78, 5) is 17.1. The van der Waals surface area contributed by atoms with Crippen molar-refractivity contribution in [2.45, 2.75) is 6.92 Å². The molecule has 9 heteroatoms. The Labute approximate surface area is 173 Å². The van der Waals surface area contributed by atoms with Gasteiger partial charge in [-0.2, -0.15) is 5.10 Å². The van der Waals surface area contributed by atoms with Crippen molar-refractivity contribution < 1.29 is 13.6 Å². The summed E-state index contributed by atoms with van der Waals surface area (Å²) < 4.78 is 27.9. The fourth-order valence-electron chi connectivity index (χ4n) is 2.78. The summed E-state index contributed by atoms with van der Waals surface area (Å²) in [6, 6.07) is 11.6. The highest BCUT2D eigenvalue weighted by Crippen LogP contribution is 2.28. The molecule has 0 aliphatic rings. The van der Waals surface area contributed by atoms with Crippen molar-refractivity contribution in [3.8, 4) is 16.9 Å². The van der Waals surface area contributed by atoms with Gasteiger partial charge in [-0.05, 0) is 43.3 Å². The Bertz CT molecular complexity index is 1200. The number of nitrogens with zero attached hydrogens (tertiary/aromatic N) is 3. The molecule has 0 atom stereocenters. The van der Waals surface area contributed by atoms with Gasteiger partial charge in [-0.25, -0.2) is 18.4 Å². The minimum Gasteiger partial charge on any atom is -0.298 e. The number of nitrogens with one attached hydrogen (secondary N) is 1. The molecule has 5 nitrogen and oxygen atoms in total. The predicted molar refractivity (Wildman–Crippen MR) is 109 cm³/mol. The molecule has 29 heavy (non-hydrogen) atoms. The maximum Gasteiger partial charge on any atom is 0.262 e. The zero-order valence-corrected chi connectivity index (χ0v) is 16.6. The summed E-state index contributed by atoms with van der Waals surface area (Å²) in [5.41, 5.74) is 2.30. The molecule has 2 aromatic heterocycles. The quantitative estimate of drug-likeness (QED) is 0.466. The lowest BCUT2D eigenvalue weighted by atomic mass is 10.2. The van der Waals surface area contributed by atoms with Crippen LogP contribution in [0.25, 0.3) is 16.9 Å². The van der Waals surface area contributed by atoms with E-state index in [0.29, 0.717) is 27.8 Å². The smallest absolute Gasteiger partial charge is 0.262 e. The first-order valence-electron chi connectivity index (χ1n) is 8.46. The third kappa shape index (κ3) is 3.90. The number of amides is 1. The first-order valence-corrected chi connectivity index (χ1v) is 9.72. The molecule has 4 aromatic rings. The fourth-order valence-corrected chi connectivity index (χ4v) is 3.85. The van der Waals surface area contributed by atoms with Crippen molar-refractivity contribution in [2.75, 3.05) is 5.32 Å². The van der Waals surface area contributed by atoms with Crippen LogP contribution in [-0.4, -0.2) is 20.7 Å². The Balaban J connectivity index is 1.59. The molecule has 0 aliphatic heterocycles. The van der Waals surface area contributed by atoms with Gasteiger partial charge in [-0.3, -0.25) is 10.1 Å². The van der Waals surface area contributed by atoms with E-state index in [1.165, 1.54) is 52.4 Å². The van der Waals surface area contributed by atoms with E-state index in [4.69, 9.17) is 11.6 Å². The minimum absolute atomic E-state index is 0.105. The lowest BCUT2D eigenvalue weighted by Crippen LogP contribution is -2.13. The molecule has 0 fully saturated rings. The minimum atomic E-state index is -0.471. The summed E-state index contributed by atoms with van der Waals surface area (Å²) in [5, 5.41) is 9.15. The van der Waals surface area contributed by atoms with Crippen molar-refractivity contribution in [3.63, 3.8) is 0 Å². The van der Waals surface area contributed by atoms with Crippen molar-refractivity contribution in [1.29, 1.82) is 0 Å². The lowest BCUT2D eigenvalue weighted by molar-refractivity contribution is 0.102. The van der Waals surface area contributed by atoms with Crippen LogP contribution < -0.4 is 5.32 Å². The van der Waals surface area contributed by atoms with E-state index in [1.807, 2.05) is 0 Å². The molecule has 0 bridgehead atoms. The van der Waals surface area contributed by atoms with E-state index in [9.17, 15) is 13.6 Å². The fraction of sp³-hybridized carbons (Fsp3) is 0.0500. The number of carbonyl (C=O) groups excluding carboxylic acids is 1. The molecule has 0 aliphatic carbocycles. The number of hydrogen-bond donors (Lipinski definition) is 1. The van der Waals surface area contributed by atoms with Gasteiger partial charge in [-0.15, -0.1) is 11.3 Å². The summed E-state index contributed by atoms with van der Waals surface area (Å²) in [5.74, 6) is -1.22. The van der Waals surface area contributed by atoms with Gasteiger partial charge >= 0.3 is 0 Å². The van der Waals surface area contributed by atoms with E-state index in [-0.39, 0.29) is 22.4 Å². The number of aryl methyl sites for hydroxylation is 1. The van der Waals surface area contributed by atoms with Crippen LogP contribution in [-0.2, 0) is 0 Å². The van der Waals surface area contributed by atoms with E-state index in [0.717, 1.165) is 0 Å². The van der Waals surface area contributed by atoms with Gasteiger partial charge in [0.1, 0.15) is 22.4 Å². The molecular formula is C20H13ClF2N4OS. The Morgan fingerprint density at radius 3 is 2.62 bits per heavy atom. The number of thiazole rings is 1. The first kappa shape index (κ1) is 19.2. The number of benzene rings is 2. The maximum atomic E-state index is 13.4. The second-order valence-corrected chi connectivity index (χ2v) is 7.36. The van der Waals surface area contributed by atoms with Gasteiger partial charge in [-0.1, -0.05) is 23.7 Å². The summed E-state index contributed by atoms with van der Waals surface area (Å²) >= 11 is 7.58. The first-order chi connectivity index (χ1) is 13.9. The molecule has 4 rings (SSSR count). The van der Waals surface area contributed by atoms with Crippen LogP contribution in [0.4, 0.5) is 13.9 Å². The zero-order chi connectivity index (χ0) is 20.5. The molecule has 0 saturated heterocycles. The topological polar surface area (TPSA) is 59.8 Å². The molecule has 0 radical (unpaired) electrons. The Hall–Kier alpha value is -3.10. The van der Waals surface area contributed by atoms with Crippen molar-refractivity contribution in [1.82, 2.24) is 14.8 Å². The third-order valence-electron chi connectivity index (χ3n) is 4.15. The number of halogens is 3. The zero-order valence-electron chi connectivity index (χ0n) is 15.0. The van der Waals surface area contributed by atoms with Crippen LogP contribution in [0.15, 0.2) is 53.9 Å². The van der Waals surface area contributed by atoms with Gasteiger partial charge in [0.2, 0.25) is 0 Å². The van der Waals surface area contributed by atoms with E-state index >= 15 is 0 Å². The maximum absolute atomic E-state index is 13.4. The second kappa shape index (κ2) is 7.73. The van der Waals surface area contributed by atoms with Gasteiger partial charge < -0.3 is 0 Å². The SMILES string of the molecule is Cc1nn(-c2ccc(F)cc2)c(Cl)c1C(=O)Nc1nc(-c2cccc(F)c2)cs1. The normalized spacial score (nSPS) is 10.9. The number of aromatic nitrogens is 3. The average Bonchev–Trinajstić information content (AvgIpc) is 3.26. The Kier molecular flexibility index (Phi) is 5.12. The molecule has 2 heterocycles. The van der Waals surface area contributed by atoms with Gasteiger partial charge in [0.15, 0.2) is 5.13 Å². The second-order valence-electron chi connectivity index (χ2n) is 6.14. The van der Waals surface area contributed by atoms with Crippen LogP contribution in [0.1, 0.15) is 16.1 Å². The van der Waals surface area contributed by atoms with E-state index in [1.54, 1.807) is 24.4 Å². The number of rotatable bonds is 4. The van der Waals surface area contributed by atoms with Crippen LogP contribution in [0, 0.1) is 18.6 Å². The van der Waals surface area contributed by atoms with Gasteiger partial charge in [0.25, 0.3) is 5.91 Å². The van der Waals surface area contributed by atoms with Crippen LogP contribution in [0.5, 0.6) is 0 Å². The number of anilines is 1. The van der Waals surface area contributed by atoms with Crippen LogP contribution in [0.3, 0.4) is 0 Å². The molecule has 1 amide bonds. The molecular weight excluding hydrogens is 418 g/mol. The summed E-state index contributed by atoms with van der Waals surface area (Å²) in [6.07, 6.45) is 0. The van der Waals surface area contributed by atoms with Crippen LogP contribution in [0.2, 0.25) is 5.15 Å². The number of carbonyl (C=O) groups is 1. The molecule has 0 unspecified atom stereocenters. The van der Waals surface area contributed by atoms with E-state index in [2.05, 4.69) is 15.4 Å². The van der Waals surface area contributed by atoms with Crippen molar-refractivity contribution in [2.24, 2.45) is 0 Å².